The Morgan fingerprint density at radius 2 is 1.64 bits per heavy atom. The molecule has 2 heteroatoms. The first-order valence-corrected chi connectivity index (χ1v) is 8.09. The minimum atomic E-state index is 0.578. The number of ether oxygens (including phenoxy) is 1. The van der Waals surface area contributed by atoms with E-state index >= 15 is 0 Å². The van der Waals surface area contributed by atoms with Crippen LogP contribution in [0.2, 0.25) is 0 Å². The van der Waals surface area contributed by atoms with Gasteiger partial charge in [0.25, 0.3) is 0 Å². The number of benzene rings is 2. The van der Waals surface area contributed by atoms with Crippen LogP contribution in [0, 0.1) is 5.92 Å². The summed E-state index contributed by atoms with van der Waals surface area (Å²) >= 11 is 0. The molecule has 0 bridgehead atoms. The topological polar surface area (TPSA) is 21.3 Å². The first kappa shape index (κ1) is 16.6. The lowest BCUT2D eigenvalue weighted by molar-refractivity contribution is 0.413. The molecule has 22 heavy (non-hydrogen) atoms. The van der Waals surface area contributed by atoms with E-state index in [-0.39, 0.29) is 0 Å². The Morgan fingerprint density at radius 3 is 2.23 bits per heavy atom. The van der Waals surface area contributed by atoms with Gasteiger partial charge < -0.3 is 10.1 Å². The van der Waals surface area contributed by atoms with E-state index in [1.807, 2.05) is 0 Å². The van der Waals surface area contributed by atoms with Gasteiger partial charge >= 0.3 is 0 Å². The van der Waals surface area contributed by atoms with Gasteiger partial charge in [0.05, 0.1) is 7.11 Å². The van der Waals surface area contributed by atoms with Gasteiger partial charge in [-0.2, -0.15) is 0 Å². The molecular weight excluding hydrogens is 270 g/mol. The third-order valence-electron chi connectivity index (χ3n) is 4.15. The van der Waals surface area contributed by atoms with Crippen molar-refractivity contribution in [1.29, 1.82) is 0 Å². The van der Waals surface area contributed by atoms with Crippen molar-refractivity contribution in [2.45, 2.75) is 32.7 Å². The van der Waals surface area contributed by atoms with Crippen LogP contribution >= 0.6 is 0 Å². The van der Waals surface area contributed by atoms with Gasteiger partial charge in [0, 0.05) is 6.54 Å². The quantitative estimate of drug-likeness (QED) is 0.718. The summed E-state index contributed by atoms with van der Waals surface area (Å²) in [5.41, 5.74) is 2.74. The van der Waals surface area contributed by atoms with Gasteiger partial charge in [0.2, 0.25) is 0 Å². The molecule has 0 radical (unpaired) electrons. The summed E-state index contributed by atoms with van der Waals surface area (Å²) in [6, 6.07) is 19.1. The number of hydrogen-bond acceptors (Lipinski definition) is 2. The van der Waals surface area contributed by atoms with Crippen LogP contribution < -0.4 is 10.1 Å². The molecule has 0 amide bonds. The van der Waals surface area contributed by atoms with Crippen LogP contribution in [0.3, 0.4) is 0 Å². The molecule has 2 rings (SSSR count). The van der Waals surface area contributed by atoms with E-state index < -0.39 is 0 Å². The Balaban J connectivity index is 1.86. The maximum atomic E-state index is 5.24. The van der Waals surface area contributed by atoms with E-state index in [1.54, 1.807) is 7.11 Å². The molecule has 0 aliphatic rings. The molecule has 0 heterocycles. The standard InChI is InChI=1S/C20H27NO/c1-16(2)20(18-9-11-19(22-3)12-10-18)13-14-21-15-17-7-5-4-6-8-17/h4-12,16,20-21H,13-15H2,1-3H3/t20-/m0/s1. The first-order valence-electron chi connectivity index (χ1n) is 8.09. The molecule has 0 unspecified atom stereocenters. The van der Waals surface area contributed by atoms with Crippen LogP contribution in [-0.2, 0) is 6.54 Å². The van der Waals surface area contributed by atoms with Gasteiger partial charge in [-0.05, 0) is 48.1 Å². The van der Waals surface area contributed by atoms with Gasteiger partial charge in [0.15, 0.2) is 0 Å². The van der Waals surface area contributed by atoms with Crippen LogP contribution in [0.5, 0.6) is 5.75 Å². The van der Waals surface area contributed by atoms with Gasteiger partial charge in [-0.3, -0.25) is 0 Å². The van der Waals surface area contributed by atoms with Crippen LogP contribution in [-0.4, -0.2) is 13.7 Å². The SMILES string of the molecule is COc1ccc([C@@H](CCNCc2ccccc2)C(C)C)cc1. The van der Waals surface area contributed by atoms with Crippen molar-refractivity contribution in [3.63, 3.8) is 0 Å². The average molecular weight is 297 g/mol. The zero-order chi connectivity index (χ0) is 15.8. The Labute approximate surface area is 134 Å². The van der Waals surface area contributed by atoms with Crippen molar-refractivity contribution >= 4 is 0 Å². The number of nitrogens with one attached hydrogen (secondary N) is 1. The monoisotopic (exact) mass is 297 g/mol. The summed E-state index contributed by atoms with van der Waals surface area (Å²) in [4.78, 5) is 0. The minimum Gasteiger partial charge on any atom is -0.497 e. The first-order chi connectivity index (χ1) is 10.7. The Bertz CT molecular complexity index is 533. The van der Waals surface area contributed by atoms with Crippen molar-refractivity contribution in [2.24, 2.45) is 5.92 Å². The minimum absolute atomic E-state index is 0.578. The normalized spacial score (nSPS) is 12.4. The third-order valence-corrected chi connectivity index (χ3v) is 4.15. The molecule has 1 N–H and O–H groups in total. The highest BCUT2D eigenvalue weighted by atomic mass is 16.5. The van der Waals surface area contributed by atoms with Gasteiger partial charge in [-0.1, -0.05) is 56.3 Å². The Hall–Kier alpha value is -1.80. The molecule has 0 aromatic heterocycles. The molecule has 0 fully saturated rings. The zero-order valence-corrected chi connectivity index (χ0v) is 13.9. The van der Waals surface area contributed by atoms with E-state index in [2.05, 4.69) is 73.8 Å². The number of hydrogen-bond donors (Lipinski definition) is 1. The number of rotatable bonds is 8. The maximum absolute atomic E-state index is 5.24. The zero-order valence-electron chi connectivity index (χ0n) is 13.9. The van der Waals surface area contributed by atoms with Crippen LogP contribution in [0.1, 0.15) is 37.3 Å². The molecule has 0 saturated carbocycles. The summed E-state index contributed by atoms with van der Waals surface area (Å²) in [7, 11) is 1.71. The lowest BCUT2D eigenvalue weighted by Crippen LogP contribution is -2.19. The van der Waals surface area contributed by atoms with Crippen molar-refractivity contribution in [1.82, 2.24) is 5.32 Å². The highest BCUT2D eigenvalue weighted by Gasteiger charge is 2.15. The van der Waals surface area contributed by atoms with Crippen molar-refractivity contribution in [2.75, 3.05) is 13.7 Å². The molecule has 118 valence electrons. The second kappa shape index (κ2) is 8.60. The fourth-order valence-electron chi connectivity index (χ4n) is 2.82. The predicted molar refractivity (Wildman–Crippen MR) is 93.3 cm³/mol. The largest absolute Gasteiger partial charge is 0.497 e. The summed E-state index contributed by atoms with van der Waals surface area (Å²) in [6.45, 7) is 6.57. The molecule has 0 aliphatic carbocycles. The summed E-state index contributed by atoms with van der Waals surface area (Å²) in [5, 5.41) is 3.55. The van der Waals surface area contributed by atoms with Gasteiger partial charge in [-0.25, -0.2) is 0 Å². The summed E-state index contributed by atoms with van der Waals surface area (Å²) < 4.78 is 5.24. The third kappa shape index (κ3) is 4.88. The molecular formula is C20H27NO. The Morgan fingerprint density at radius 1 is 0.955 bits per heavy atom. The van der Waals surface area contributed by atoms with Crippen LogP contribution in [0.4, 0.5) is 0 Å². The van der Waals surface area contributed by atoms with Crippen molar-refractivity contribution in [3.8, 4) is 5.75 Å². The van der Waals surface area contributed by atoms with Gasteiger partial charge in [0.1, 0.15) is 5.75 Å². The van der Waals surface area contributed by atoms with Crippen LogP contribution in [0.25, 0.3) is 0 Å². The van der Waals surface area contributed by atoms with Gasteiger partial charge in [-0.15, -0.1) is 0 Å². The molecule has 1 atom stereocenters. The average Bonchev–Trinajstić information content (AvgIpc) is 2.56. The highest BCUT2D eigenvalue weighted by Crippen LogP contribution is 2.28. The second-order valence-corrected chi connectivity index (χ2v) is 6.07. The Kier molecular flexibility index (Phi) is 6.47. The van der Waals surface area contributed by atoms with Crippen LogP contribution in [0.15, 0.2) is 54.6 Å². The lowest BCUT2D eigenvalue weighted by Gasteiger charge is -2.22. The second-order valence-electron chi connectivity index (χ2n) is 6.07. The molecule has 2 aromatic rings. The molecule has 2 aromatic carbocycles. The lowest BCUT2D eigenvalue weighted by atomic mass is 9.86. The molecule has 2 nitrogen and oxygen atoms in total. The van der Waals surface area contributed by atoms with E-state index in [1.165, 1.54) is 11.1 Å². The fraction of sp³-hybridized carbons (Fsp3) is 0.400. The molecule has 0 aliphatic heterocycles. The van der Waals surface area contributed by atoms with Crippen molar-refractivity contribution in [3.05, 3.63) is 65.7 Å². The van der Waals surface area contributed by atoms with Crippen molar-refractivity contribution < 1.29 is 4.74 Å². The van der Waals surface area contributed by atoms with E-state index in [9.17, 15) is 0 Å². The van der Waals surface area contributed by atoms with E-state index in [0.717, 1.165) is 25.3 Å². The van der Waals surface area contributed by atoms with E-state index in [0.29, 0.717) is 11.8 Å². The molecule has 0 spiro atoms. The maximum Gasteiger partial charge on any atom is 0.118 e. The molecule has 0 saturated heterocycles. The highest BCUT2D eigenvalue weighted by molar-refractivity contribution is 5.29. The fourth-order valence-corrected chi connectivity index (χ4v) is 2.82. The smallest absolute Gasteiger partial charge is 0.118 e. The summed E-state index contributed by atoms with van der Waals surface area (Å²) in [5.74, 6) is 2.13. The number of methoxy groups -OCH3 is 1. The van der Waals surface area contributed by atoms with E-state index in [4.69, 9.17) is 4.74 Å². The predicted octanol–water partition coefficient (Wildman–Crippen LogP) is 4.61. The summed E-state index contributed by atoms with van der Waals surface area (Å²) in [6.07, 6.45) is 1.15.